The van der Waals surface area contributed by atoms with E-state index in [2.05, 4.69) is 5.32 Å². The molecule has 9 heteroatoms. The average Bonchev–Trinajstić information content (AvgIpc) is 3.09. The van der Waals surface area contributed by atoms with E-state index >= 15 is 0 Å². The first-order valence-corrected chi connectivity index (χ1v) is 10.9. The van der Waals surface area contributed by atoms with Crippen molar-refractivity contribution in [1.29, 1.82) is 0 Å². The van der Waals surface area contributed by atoms with Gasteiger partial charge in [0.1, 0.15) is 23.9 Å². The summed E-state index contributed by atoms with van der Waals surface area (Å²) in [5.74, 6) is -4.19. The van der Waals surface area contributed by atoms with E-state index in [9.17, 15) is 28.0 Å². The van der Waals surface area contributed by atoms with Crippen molar-refractivity contribution in [2.75, 3.05) is 18.4 Å². The zero-order chi connectivity index (χ0) is 25.1. The van der Waals surface area contributed by atoms with Crippen LogP contribution in [0.15, 0.2) is 66.7 Å². The van der Waals surface area contributed by atoms with Crippen LogP contribution >= 0.6 is 0 Å². The number of hydrogen-bond acceptors (Lipinski definition) is 4. The summed E-state index contributed by atoms with van der Waals surface area (Å²) in [7, 11) is 0. The maximum atomic E-state index is 13.8. The molecule has 1 aliphatic rings. The molecular formula is C26H21F2N3O4. The molecule has 0 fully saturated rings. The predicted molar refractivity (Wildman–Crippen MR) is 124 cm³/mol. The fourth-order valence-corrected chi connectivity index (χ4v) is 3.81. The van der Waals surface area contributed by atoms with E-state index in [1.807, 2.05) is 6.07 Å². The molecule has 0 aliphatic carbocycles. The van der Waals surface area contributed by atoms with Gasteiger partial charge in [0.25, 0.3) is 17.7 Å². The first kappa shape index (κ1) is 23.7. The minimum absolute atomic E-state index is 0.102. The van der Waals surface area contributed by atoms with Crippen molar-refractivity contribution in [3.63, 3.8) is 0 Å². The van der Waals surface area contributed by atoms with E-state index in [1.54, 1.807) is 31.2 Å². The van der Waals surface area contributed by atoms with Gasteiger partial charge in [-0.25, -0.2) is 8.78 Å². The molecule has 0 saturated carbocycles. The van der Waals surface area contributed by atoms with Crippen molar-refractivity contribution >= 4 is 29.3 Å². The third kappa shape index (κ3) is 4.79. The summed E-state index contributed by atoms with van der Waals surface area (Å²) in [4.78, 5) is 53.4. The highest BCUT2D eigenvalue weighted by Crippen LogP contribution is 2.26. The lowest BCUT2D eigenvalue weighted by molar-refractivity contribution is -0.116. The zero-order valence-corrected chi connectivity index (χ0v) is 18.8. The number of carbonyl (C=O) groups excluding carboxylic acids is 4. The summed E-state index contributed by atoms with van der Waals surface area (Å²) < 4.78 is 27.6. The van der Waals surface area contributed by atoms with E-state index in [0.717, 1.165) is 22.6 Å². The number of halogens is 2. The van der Waals surface area contributed by atoms with Gasteiger partial charge in [-0.05, 0) is 42.8 Å². The van der Waals surface area contributed by atoms with Crippen molar-refractivity contribution in [3.8, 4) is 0 Å². The van der Waals surface area contributed by atoms with Gasteiger partial charge < -0.3 is 10.2 Å². The van der Waals surface area contributed by atoms with E-state index in [0.29, 0.717) is 0 Å². The summed E-state index contributed by atoms with van der Waals surface area (Å²) in [6.07, 6.45) is 0. The molecule has 1 N–H and O–H groups in total. The SMILES string of the molecule is CCN(CC(=O)Nc1c(F)cccc1F)C(=O)c1ccc2c(c1)C(=O)N(Cc1ccccc1)C2=O. The number of amides is 4. The van der Waals surface area contributed by atoms with Crippen LogP contribution in [0.3, 0.4) is 0 Å². The Bertz CT molecular complexity index is 1310. The summed E-state index contributed by atoms with van der Waals surface area (Å²) in [5, 5.41) is 2.14. The molecule has 0 saturated heterocycles. The van der Waals surface area contributed by atoms with Crippen LogP contribution in [0.25, 0.3) is 0 Å². The monoisotopic (exact) mass is 477 g/mol. The van der Waals surface area contributed by atoms with Crippen molar-refractivity contribution in [1.82, 2.24) is 9.80 Å². The second-order valence-electron chi connectivity index (χ2n) is 7.91. The number of hydrogen-bond donors (Lipinski definition) is 1. The third-order valence-electron chi connectivity index (χ3n) is 5.63. The van der Waals surface area contributed by atoms with Crippen LogP contribution in [0.5, 0.6) is 0 Å². The van der Waals surface area contributed by atoms with Crippen molar-refractivity contribution in [2.45, 2.75) is 13.5 Å². The number of carbonyl (C=O) groups is 4. The highest BCUT2D eigenvalue weighted by Gasteiger charge is 2.36. The lowest BCUT2D eigenvalue weighted by Crippen LogP contribution is -2.38. The predicted octanol–water partition coefficient (Wildman–Crippen LogP) is 3.86. The maximum absolute atomic E-state index is 13.8. The zero-order valence-electron chi connectivity index (χ0n) is 18.8. The van der Waals surface area contributed by atoms with Gasteiger partial charge in [-0.2, -0.15) is 0 Å². The number of nitrogens with one attached hydrogen (secondary N) is 1. The molecule has 3 aromatic rings. The van der Waals surface area contributed by atoms with E-state index in [1.165, 1.54) is 29.2 Å². The Labute approximate surface area is 200 Å². The fourth-order valence-electron chi connectivity index (χ4n) is 3.81. The van der Waals surface area contributed by atoms with E-state index in [4.69, 9.17) is 0 Å². The molecule has 1 heterocycles. The minimum Gasteiger partial charge on any atom is -0.330 e. The number of anilines is 1. The molecule has 7 nitrogen and oxygen atoms in total. The Morgan fingerprint density at radius 1 is 0.886 bits per heavy atom. The summed E-state index contributed by atoms with van der Waals surface area (Å²) in [6, 6.07) is 16.4. The lowest BCUT2D eigenvalue weighted by atomic mass is 10.0. The molecule has 0 radical (unpaired) electrons. The van der Waals surface area contributed by atoms with Crippen molar-refractivity contribution in [3.05, 3.63) is 101 Å². The van der Waals surface area contributed by atoms with Gasteiger partial charge in [-0.15, -0.1) is 0 Å². The normalized spacial score (nSPS) is 12.5. The third-order valence-corrected chi connectivity index (χ3v) is 5.63. The molecule has 0 bridgehead atoms. The fraction of sp³-hybridized carbons (Fsp3) is 0.154. The Kier molecular flexibility index (Phi) is 6.68. The molecule has 0 atom stereocenters. The summed E-state index contributed by atoms with van der Waals surface area (Å²) in [5.41, 5.74) is 0.594. The lowest BCUT2D eigenvalue weighted by Gasteiger charge is -2.21. The second kappa shape index (κ2) is 9.84. The second-order valence-corrected chi connectivity index (χ2v) is 7.91. The van der Waals surface area contributed by atoms with Gasteiger partial charge in [-0.3, -0.25) is 24.1 Å². The number of likely N-dealkylation sites (N-methyl/N-ethyl adjacent to an activating group) is 1. The van der Waals surface area contributed by atoms with Crippen molar-refractivity contribution < 1.29 is 28.0 Å². The summed E-state index contributed by atoms with van der Waals surface area (Å²) in [6.45, 7) is 1.39. The average molecular weight is 477 g/mol. The van der Waals surface area contributed by atoms with Gasteiger partial charge in [0, 0.05) is 12.1 Å². The number of nitrogens with zero attached hydrogens (tertiary/aromatic N) is 2. The van der Waals surface area contributed by atoms with Gasteiger partial charge in [0.15, 0.2) is 0 Å². The maximum Gasteiger partial charge on any atom is 0.261 e. The van der Waals surface area contributed by atoms with Crippen LogP contribution in [0.2, 0.25) is 0 Å². The molecule has 1 aliphatic heterocycles. The van der Waals surface area contributed by atoms with Crippen LogP contribution in [-0.4, -0.2) is 46.5 Å². The number of benzene rings is 3. The molecule has 178 valence electrons. The number of fused-ring (bicyclic) bond motifs is 1. The van der Waals surface area contributed by atoms with Gasteiger partial charge in [-0.1, -0.05) is 36.4 Å². The van der Waals surface area contributed by atoms with Gasteiger partial charge in [0.05, 0.1) is 17.7 Å². The highest BCUT2D eigenvalue weighted by atomic mass is 19.1. The largest absolute Gasteiger partial charge is 0.330 e. The van der Waals surface area contributed by atoms with Crippen LogP contribution in [0.4, 0.5) is 14.5 Å². The van der Waals surface area contributed by atoms with Crippen LogP contribution in [0, 0.1) is 11.6 Å². The molecule has 4 amide bonds. The number of para-hydroxylation sites is 1. The first-order chi connectivity index (χ1) is 16.8. The standard InChI is InChI=1S/C26H21F2N3O4/c1-2-30(15-22(32)29-23-20(27)9-6-10-21(23)28)24(33)17-11-12-18-19(13-17)26(35)31(25(18)34)14-16-7-4-3-5-8-16/h3-13H,2,14-15H2,1H3,(H,29,32). The van der Waals surface area contributed by atoms with E-state index in [-0.39, 0.29) is 29.8 Å². The quantitative estimate of drug-likeness (QED) is 0.524. The van der Waals surface area contributed by atoms with Crippen molar-refractivity contribution in [2.24, 2.45) is 0 Å². The Hall–Kier alpha value is -4.40. The van der Waals surface area contributed by atoms with Crippen LogP contribution in [-0.2, 0) is 11.3 Å². The molecule has 0 spiro atoms. The number of imide groups is 1. The molecule has 0 aromatic heterocycles. The minimum atomic E-state index is -0.936. The van der Waals surface area contributed by atoms with Crippen LogP contribution < -0.4 is 5.32 Å². The Balaban J connectivity index is 1.50. The van der Waals surface area contributed by atoms with Crippen LogP contribution in [0.1, 0.15) is 43.6 Å². The first-order valence-electron chi connectivity index (χ1n) is 10.9. The van der Waals surface area contributed by atoms with Gasteiger partial charge >= 0.3 is 0 Å². The summed E-state index contributed by atoms with van der Waals surface area (Å²) >= 11 is 0. The molecule has 3 aromatic carbocycles. The Morgan fingerprint density at radius 2 is 1.54 bits per heavy atom. The molecule has 35 heavy (non-hydrogen) atoms. The molecule has 0 unspecified atom stereocenters. The smallest absolute Gasteiger partial charge is 0.261 e. The molecular weight excluding hydrogens is 456 g/mol. The number of rotatable bonds is 7. The van der Waals surface area contributed by atoms with E-state index < -0.39 is 47.5 Å². The van der Waals surface area contributed by atoms with Gasteiger partial charge in [0.2, 0.25) is 5.91 Å². The Morgan fingerprint density at radius 3 is 2.20 bits per heavy atom. The molecule has 4 rings (SSSR count). The topological polar surface area (TPSA) is 86.8 Å². The highest BCUT2D eigenvalue weighted by molar-refractivity contribution is 6.22.